The first-order chi connectivity index (χ1) is 12.4. The number of hydrogen-bond donors (Lipinski definition) is 2. The Labute approximate surface area is 152 Å². The zero-order valence-corrected chi connectivity index (χ0v) is 15.5. The highest BCUT2D eigenvalue weighted by Crippen LogP contribution is 2.15. The van der Waals surface area contributed by atoms with Gasteiger partial charge in [-0.05, 0) is 38.8 Å². The van der Waals surface area contributed by atoms with E-state index in [1.165, 1.54) is 0 Å². The molecular formula is C19H25N5O2. The first-order valence-corrected chi connectivity index (χ1v) is 8.77. The van der Waals surface area contributed by atoms with Crippen LogP contribution >= 0.6 is 0 Å². The smallest absolute Gasteiger partial charge is 0.315 e. The van der Waals surface area contributed by atoms with Gasteiger partial charge in [0.05, 0.1) is 18.6 Å². The molecule has 1 aliphatic heterocycles. The molecule has 2 atom stereocenters. The van der Waals surface area contributed by atoms with Gasteiger partial charge in [0.15, 0.2) is 0 Å². The molecule has 0 bridgehead atoms. The largest absolute Gasteiger partial charge is 0.459 e. The second-order valence-corrected chi connectivity index (χ2v) is 6.67. The fourth-order valence-corrected chi connectivity index (χ4v) is 3.29. The number of aromatic nitrogens is 3. The number of furan rings is 1. The second-order valence-electron chi connectivity index (χ2n) is 6.67. The standard InChI is InChI=1S/C19H25N5O2/c1-6-7-16-11(2)12(3)18(26-16)13(4)20-19(25)22-15-8-9-17-21-14(5)23-24(17)10-15/h6-7,13,15H,1-2,8-10H2,3-5H3,(H2,20,22,25)/b16-7+/t13-,15?/m0/s1. The lowest BCUT2D eigenvalue weighted by molar-refractivity contribution is 0.227. The molecule has 3 heterocycles. The molecule has 0 aliphatic carbocycles. The highest BCUT2D eigenvalue weighted by molar-refractivity contribution is 5.74. The zero-order valence-electron chi connectivity index (χ0n) is 15.5. The lowest BCUT2D eigenvalue weighted by Gasteiger charge is -2.24. The number of fused-ring (bicyclic) bond motifs is 1. The number of allylic oxidation sites excluding steroid dienone is 1. The van der Waals surface area contributed by atoms with Crippen LogP contribution in [0.4, 0.5) is 4.79 Å². The number of carbonyl (C=O) groups excluding carboxylic acids is 1. The minimum absolute atomic E-state index is 0.0292. The van der Waals surface area contributed by atoms with Crippen LogP contribution in [0.15, 0.2) is 17.1 Å². The van der Waals surface area contributed by atoms with Crippen LogP contribution in [-0.4, -0.2) is 26.8 Å². The van der Waals surface area contributed by atoms with Crippen LogP contribution in [-0.2, 0) is 13.0 Å². The summed E-state index contributed by atoms with van der Waals surface area (Å²) >= 11 is 0. The average molecular weight is 355 g/mol. The van der Waals surface area contributed by atoms with Crippen LogP contribution in [0, 0.1) is 13.8 Å². The summed E-state index contributed by atoms with van der Waals surface area (Å²) in [5.41, 5.74) is 1.61. The normalized spacial score (nSPS) is 18.3. The summed E-state index contributed by atoms with van der Waals surface area (Å²) in [5.74, 6) is 2.45. The zero-order chi connectivity index (χ0) is 18.8. The number of amides is 2. The van der Waals surface area contributed by atoms with Crippen molar-refractivity contribution in [1.82, 2.24) is 25.4 Å². The van der Waals surface area contributed by atoms with Crippen molar-refractivity contribution in [3.8, 4) is 0 Å². The Morgan fingerprint density at radius 2 is 2.23 bits per heavy atom. The summed E-state index contributed by atoms with van der Waals surface area (Å²) in [4.78, 5) is 16.8. The van der Waals surface area contributed by atoms with Crippen molar-refractivity contribution in [1.29, 1.82) is 0 Å². The molecule has 7 nitrogen and oxygen atoms in total. The molecule has 7 heteroatoms. The van der Waals surface area contributed by atoms with E-state index < -0.39 is 0 Å². The summed E-state index contributed by atoms with van der Waals surface area (Å²) in [6.45, 7) is 14.0. The van der Waals surface area contributed by atoms with Gasteiger partial charge in [-0.1, -0.05) is 19.2 Å². The Bertz CT molecular complexity index is 940. The molecule has 1 aliphatic rings. The molecule has 2 aromatic heterocycles. The van der Waals surface area contributed by atoms with Gasteiger partial charge in [0.1, 0.15) is 22.8 Å². The molecule has 0 saturated heterocycles. The van der Waals surface area contributed by atoms with Gasteiger partial charge in [-0.3, -0.25) is 0 Å². The molecule has 2 aromatic rings. The van der Waals surface area contributed by atoms with Crippen LogP contribution in [0.3, 0.4) is 0 Å². The molecule has 0 spiro atoms. The van der Waals surface area contributed by atoms with Gasteiger partial charge in [0.2, 0.25) is 0 Å². The van der Waals surface area contributed by atoms with Gasteiger partial charge in [-0.15, -0.1) is 0 Å². The lowest BCUT2D eigenvalue weighted by Crippen LogP contribution is -2.46. The molecule has 138 valence electrons. The van der Waals surface area contributed by atoms with Crippen molar-refractivity contribution in [2.75, 3.05) is 0 Å². The summed E-state index contributed by atoms with van der Waals surface area (Å²) in [6.07, 6.45) is 5.08. The highest BCUT2D eigenvalue weighted by atomic mass is 16.3. The first kappa shape index (κ1) is 18.0. The number of urea groups is 1. The third-order valence-electron chi connectivity index (χ3n) is 4.65. The van der Waals surface area contributed by atoms with Crippen molar-refractivity contribution in [2.45, 2.75) is 52.2 Å². The van der Waals surface area contributed by atoms with Crippen LogP contribution < -0.4 is 21.3 Å². The minimum atomic E-state index is -0.268. The fraction of sp³-hybridized carbons (Fsp3) is 0.421. The van der Waals surface area contributed by atoms with Gasteiger partial charge in [-0.25, -0.2) is 14.5 Å². The first-order valence-electron chi connectivity index (χ1n) is 8.77. The highest BCUT2D eigenvalue weighted by Gasteiger charge is 2.23. The van der Waals surface area contributed by atoms with E-state index in [0.717, 1.165) is 35.3 Å². The monoisotopic (exact) mass is 355 g/mol. The molecular weight excluding hydrogens is 330 g/mol. The molecule has 26 heavy (non-hydrogen) atoms. The van der Waals surface area contributed by atoms with Crippen LogP contribution in [0.1, 0.15) is 42.4 Å². The van der Waals surface area contributed by atoms with Crippen LogP contribution in [0.5, 0.6) is 0 Å². The predicted molar refractivity (Wildman–Crippen MR) is 99.8 cm³/mol. The molecule has 0 fully saturated rings. The number of nitrogens with one attached hydrogen (secondary N) is 2. The predicted octanol–water partition coefficient (Wildman–Crippen LogP) is 1.24. The minimum Gasteiger partial charge on any atom is -0.459 e. The summed E-state index contributed by atoms with van der Waals surface area (Å²) in [5, 5.41) is 11.1. The Morgan fingerprint density at radius 1 is 1.46 bits per heavy atom. The van der Waals surface area contributed by atoms with E-state index >= 15 is 0 Å². The molecule has 0 radical (unpaired) electrons. The van der Waals surface area contributed by atoms with E-state index in [4.69, 9.17) is 4.42 Å². The van der Waals surface area contributed by atoms with Crippen molar-refractivity contribution in [3.63, 3.8) is 0 Å². The Balaban J connectivity index is 1.64. The van der Waals surface area contributed by atoms with Crippen LogP contribution in [0.25, 0.3) is 12.7 Å². The number of aryl methyl sites for hydroxylation is 2. The molecule has 0 aromatic carbocycles. The van der Waals surface area contributed by atoms with E-state index in [1.54, 1.807) is 12.2 Å². The van der Waals surface area contributed by atoms with Gasteiger partial charge < -0.3 is 15.1 Å². The number of carbonyl (C=O) groups is 1. The van der Waals surface area contributed by atoms with E-state index in [9.17, 15) is 4.79 Å². The maximum absolute atomic E-state index is 12.4. The maximum Gasteiger partial charge on any atom is 0.315 e. The molecule has 2 N–H and O–H groups in total. The van der Waals surface area contributed by atoms with Gasteiger partial charge in [0.25, 0.3) is 0 Å². The van der Waals surface area contributed by atoms with Gasteiger partial charge in [-0.2, -0.15) is 5.10 Å². The third kappa shape index (κ3) is 3.56. The van der Waals surface area contributed by atoms with Crippen molar-refractivity contribution >= 4 is 18.7 Å². The molecule has 0 saturated carbocycles. The fourth-order valence-electron chi connectivity index (χ4n) is 3.29. The van der Waals surface area contributed by atoms with Crippen molar-refractivity contribution < 1.29 is 9.21 Å². The number of nitrogens with zero attached hydrogens (tertiary/aromatic N) is 3. The molecule has 2 amide bonds. The number of rotatable bonds is 4. The summed E-state index contributed by atoms with van der Waals surface area (Å²) in [7, 11) is 0. The molecule has 3 rings (SSSR count). The van der Waals surface area contributed by atoms with E-state index in [0.29, 0.717) is 17.7 Å². The average Bonchev–Trinajstić information content (AvgIpc) is 3.08. The van der Waals surface area contributed by atoms with Crippen molar-refractivity contribution in [2.24, 2.45) is 0 Å². The topological polar surface area (TPSA) is 85.0 Å². The van der Waals surface area contributed by atoms with E-state index in [-0.39, 0.29) is 18.1 Å². The van der Waals surface area contributed by atoms with Crippen molar-refractivity contribution in [3.05, 3.63) is 46.3 Å². The summed E-state index contributed by atoms with van der Waals surface area (Å²) < 4.78 is 7.70. The second kappa shape index (κ2) is 7.19. The van der Waals surface area contributed by atoms with Gasteiger partial charge >= 0.3 is 6.03 Å². The Hall–Kier alpha value is -2.83. The summed E-state index contributed by atoms with van der Waals surface area (Å²) in [6, 6.07) is -0.463. The Morgan fingerprint density at radius 3 is 2.96 bits per heavy atom. The van der Waals surface area contributed by atoms with E-state index in [2.05, 4.69) is 33.9 Å². The lowest BCUT2D eigenvalue weighted by atomic mass is 10.1. The maximum atomic E-state index is 12.4. The number of hydrogen-bond acceptors (Lipinski definition) is 4. The molecule has 1 unspecified atom stereocenters. The quantitative estimate of drug-likeness (QED) is 0.864. The SMILES string of the molecule is C=C/C=c1/oc([C@H](C)NC(=O)NC2CCc3nc(C)nn3C2)c(C)c1=C. The Kier molecular flexibility index (Phi) is 4.97. The third-order valence-corrected chi connectivity index (χ3v) is 4.65. The van der Waals surface area contributed by atoms with E-state index in [1.807, 2.05) is 25.5 Å². The van der Waals surface area contributed by atoms with Crippen LogP contribution in [0.2, 0.25) is 0 Å². The van der Waals surface area contributed by atoms with Gasteiger partial charge in [0, 0.05) is 11.6 Å².